The Kier molecular flexibility index (Phi) is 3.65. The van der Waals surface area contributed by atoms with E-state index < -0.39 is 23.2 Å². The van der Waals surface area contributed by atoms with Gasteiger partial charge in [0.25, 0.3) is 11.5 Å². The van der Waals surface area contributed by atoms with Gasteiger partial charge in [-0.25, -0.2) is 4.39 Å². The fraction of sp³-hybridized carbons (Fsp3) is 0.0833. The summed E-state index contributed by atoms with van der Waals surface area (Å²) in [5.74, 6) is -1.42. The molecule has 2 rings (SSSR count). The van der Waals surface area contributed by atoms with Gasteiger partial charge in [0.2, 0.25) is 5.91 Å². The summed E-state index contributed by atoms with van der Waals surface area (Å²) in [4.78, 5) is 34.4. The number of halogens is 1. The number of hydrogen-bond acceptors (Lipinski definition) is 3. The van der Waals surface area contributed by atoms with Crippen LogP contribution in [0.2, 0.25) is 0 Å². The maximum absolute atomic E-state index is 12.8. The number of carbonyl (C=O) groups excluding carboxylic acids is 2. The summed E-state index contributed by atoms with van der Waals surface area (Å²) in [5, 5.41) is 9.37. The largest absolute Gasteiger partial charge is 0.314 e. The van der Waals surface area contributed by atoms with Crippen molar-refractivity contribution < 1.29 is 14.0 Å². The fourth-order valence-corrected chi connectivity index (χ4v) is 1.53. The van der Waals surface area contributed by atoms with Crippen LogP contribution in [0.15, 0.2) is 29.1 Å². The molecule has 1 heterocycles. The Balaban J connectivity index is 2.23. The average molecular weight is 278 g/mol. The summed E-state index contributed by atoms with van der Waals surface area (Å²) in [6, 6.07) is 4.82. The Bertz CT molecular complexity index is 702. The van der Waals surface area contributed by atoms with E-state index in [2.05, 4.69) is 20.8 Å². The van der Waals surface area contributed by atoms with E-state index in [0.29, 0.717) is 0 Å². The van der Waals surface area contributed by atoms with Crippen molar-refractivity contribution in [3.63, 3.8) is 0 Å². The van der Waals surface area contributed by atoms with Gasteiger partial charge in [-0.3, -0.25) is 24.6 Å². The number of anilines is 2. The number of H-pyrrole nitrogens is 2. The number of aromatic amines is 2. The van der Waals surface area contributed by atoms with E-state index in [1.54, 1.807) is 0 Å². The molecular weight excluding hydrogens is 267 g/mol. The lowest BCUT2D eigenvalue weighted by Crippen LogP contribution is -2.18. The van der Waals surface area contributed by atoms with E-state index >= 15 is 0 Å². The molecule has 0 aliphatic carbocycles. The minimum atomic E-state index is -0.596. The number of benzene rings is 1. The SMILES string of the molecule is CC(=O)Nc1[nH][nH]c(=O)c1NC(=O)c1ccc(F)cc1. The van der Waals surface area contributed by atoms with Crippen LogP contribution in [-0.2, 0) is 4.79 Å². The van der Waals surface area contributed by atoms with E-state index in [1.807, 2.05) is 0 Å². The number of nitrogens with one attached hydrogen (secondary N) is 4. The average Bonchev–Trinajstić information content (AvgIpc) is 2.71. The maximum atomic E-state index is 12.8. The van der Waals surface area contributed by atoms with Crippen molar-refractivity contribution in [1.82, 2.24) is 10.2 Å². The molecule has 1 aromatic carbocycles. The smallest absolute Gasteiger partial charge is 0.290 e. The molecule has 0 saturated carbocycles. The van der Waals surface area contributed by atoms with Crippen LogP contribution >= 0.6 is 0 Å². The van der Waals surface area contributed by atoms with Crippen LogP contribution < -0.4 is 16.2 Å². The van der Waals surface area contributed by atoms with Gasteiger partial charge in [-0.05, 0) is 24.3 Å². The standard InChI is InChI=1S/C12H11FN4O3/c1-6(18)14-10-9(12(20)17-16-10)15-11(19)7-2-4-8(13)5-3-7/h2-5H,1H3,(H,15,19)(H3,14,16,17,18,20). The highest BCUT2D eigenvalue weighted by atomic mass is 19.1. The zero-order valence-corrected chi connectivity index (χ0v) is 10.4. The van der Waals surface area contributed by atoms with Gasteiger partial charge in [0.1, 0.15) is 5.82 Å². The zero-order chi connectivity index (χ0) is 14.7. The van der Waals surface area contributed by atoms with Crippen molar-refractivity contribution >= 4 is 23.3 Å². The Morgan fingerprint density at radius 1 is 1.10 bits per heavy atom. The molecule has 0 aliphatic rings. The molecular formula is C12H11FN4O3. The third-order valence-electron chi connectivity index (χ3n) is 2.42. The summed E-state index contributed by atoms with van der Waals surface area (Å²) >= 11 is 0. The van der Waals surface area contributed by atoms with Gasteiger partial charge in [0.05, 0.1) is 0 Å². The summed E-state index contributed by atoms with van der Waals surface area (Å²) in [7, 11) is 0. The Hall–Kier alpha value is -2.90. The van der Waals surface area contributed by atoms with Gasteiger partial charge in [0, 0.05) is 12.5 Å². The van der Waals surface area contributed by atoms with Gasteiger partial charge in [-0.1, -0.05) is 0 Å². The van der Waals surface area contributed by atoms with E-state index in [0.717, 1.165) is 12.1 Å². The first-order chi connectivity index (χ1) is 9.47. The Morgan fingerprint density at radius 2 is 1.75 bits per heavy atom. The third kappa shape index (κ3) is 2.91. The first kappa shape index (κ1) is 13.5. The van der Waals surface area contributed by atoms with Crippen molar-refractivity contribution in [3.8, 4) is 0 Å². The van der Waals surface area contributed by atoms with Crippen LogP contribution in [-0.4, -0.2) is 22.0 Å². The molecule has 0 atom stereocenters. The molecule has 0 bridgehead atoms. The van der Waals surface area contributed by atoms with Crippen LogP contribution in [0.5, 0.6) is 0 Å². The second kappa shape index (κ2) is 5.39. The monoisotopic (exact) mass is 278 g/mol. The van der Waals surface area contributed by atoms with E-state index in [9.17, 15) is 18.8 Å². The highest BCUT2D eigenvalue weighted by Gasteiger charge is 2.15. The van der Waals surface area contributed by atoms with Crippen LogP contribution in [0.4, 0.5) is 15.9 Å². The van der Waals surface area contributed by atoms with Crippen molar-refractivity contribution in [2.45, 2.75) is 6.92 Å². The number of carbonyl (C=O) groups is 2. The molecule has 2 aromatic rings. The molecule has 0 radical (unpaired) electrons. The first-order valence-corrected chi connectivity index (χ1v) is 5.62. The van der Waals surface area contributed by atoms with Crippen molar-refractivity contribution in [3.05, 3.63) is 46.0 Å². The molecule has 0 unspecified atom stereocenters. The van der Waals surface area contributed by atoms with Crippen LogP contribution in [0, 0.1) is 5.82 Å². The number of rotatable bonds is 3. The summed E-state index contributed by atoms with van der Waals surface area (Å²) in [6.07, 6.45) is 0. The summed E-state index contributed by atoms with van der Waals surface area (Å²) in [5.41, 5.74) is -0.528. The zero-order valence-electron chi connectivity index (χ0n) is 10.4. The van der Waals surface area contributed by atoms with Gasteiger partial charge in [0.15, 0.2) is 11.5 Å². The molecule has 20 heavy (non-hydrogen) atoms. The minimum absolute atomic E-state index is 0.0537. The second-order valence-electron chi connectivity index (χ2n) is 3.97. The molecule has 0 spiro atoms. The first-order valence-electron chi connectivity index (χ1n) is 5.62. The summed E-state index contributed by atoms with van der Waals surface area (Å²) in [6.45, 7) is 1.26. The molecule has 2 amide bonds. The molecule has 104 valence electrons. The van der Waals surface area contributed by atoms with Crippen LogP contribution in [0.1, 0.15) is 17.3 Å². The van der Waals surface area contributed by atoms with E-state index in [4.69, 9.17) is 0 Å². The maximum Gasteiger partial charge on any atom is 0.290 e. The van der Waals surface area contributed by atoms with Crippen molar-refractivity contribution in [1.29, 1.82) is 0 Å². The highest BCUT2D eigenvalue weighted by molar-refractivity contribution is 6.06. The van der Waals surface area contributed by atoms with E-state index in [1.165, 1.54) is 19.1 Å². The lowest BCUT2D eigenvalue weighted by molar-refractivity contribution is -0.114. The molecule has 8 heteroatoms. The van der Waals surface area contributed by atoms with Crippen molar-refractivity contribution in [2.75, 3.05) is 10.6 Å². The van der Waals surface area contributed by atoms with Crippen LogP contribution in [0.3, 0.4) is 0 Å². The molecule has 1 aromatic heterocycles. The summed E-state index contributed by atoms with van der Waals surface area (Å²) < 4.78 is 12.8. The Labute approximate surface area is 112 Å². The second-order valence-corrected chi connectivity index (χ2v) is 3.97. The highest BCUT2D eigenvalue weighted by Crippen LogP contribution is 2.14. The fourth-order valence-electron chi connectivity index (χ4n) is 1.53. The Morgan fingerprint density at radius 3 is 2.35 bits per heavy atom. The quantitative estimate of drug-likeness (QED) is 0.674. The molecule has 0 saturated heterocycles. The van der Waals surface area contributed by atoms with Gasteiger partial charge < -0.3 is 10.6 Å². The molecule has 7 nitrogen and oxygen atoms in total. The van der Waals surface area contributed by atoms with Crippen molar-refractivity contribution in [2.24, 2.45) is 0 Å². The molecule has 0 aliphatic heterocycles. The number of hydrogen-bond donors (Lipinski definition) is 4. The lowest BCUT2D eigenvalue weighted by Gasteiger charge is -2.05. The van der Waals surface area contributed by atoms with Crippen LogP contribution in [0.25, 0.3) is 0 Å². The van der Waals surface area contributed by atoms with Gasteiger partial charge in [-0.15, -0.1) is 0 Å². The predicted octanol–water partition coefficient (Wildman–Crippen LogP) is 1.05. The van der Waals surface area contributed by atoms with Gasteiger partial charge in [-0.2, -0.15) is 0 Å². The normalized spacial score (nSPS) is 10.1. The van der Waals surface area contributed by atoms with Gasteiger partial charge >= 0.3 is 0 Å². The number of aromatic nitrogens is 2. The minimum Gasteiger partial charge on any atom is -0.314 e. The topological polar surface area (TPSA) is 107 Å². The van der Waals surface area contributed by atoms with E-state index in [-0.39, 0.29) is 17.1 Å². The molecule has 4 N–H and O–H groups in total. The molecule has 0 fully saturated rings. The predicted molar refractivity (Wildman–Crippen MR) is 70.1 cm³/mol. The number of amides is 2. The third-order valence-corrected chi connectivity index (χ3v) is 2.42. The lowest BCUT2D eigenvalue weighted by atomic mass is 10.2.